The predicted molar refractivity (Wildman–Crippen MR) is 59.8 cm³/mol. The number of rotatable bonds is 2. The summed E-state index contributed by atoms with van der Waals surface area (Å²) < 4.78 is 0.618. The maximum atomic E-state index is 11.6. The number of nitrogens with zero attached hydrogens (tertiary/aromatic N) is 3. The summed E-state index contributed by atoms with van der Waals surface area (Å²) >= 11 is 4.45. The van der Waals surface area contributed by atoms with Gasteiger partial charge >= 0.3 is 0 Å². The molecule has 0 aliphatic carbocycles. The van der Waals surface area contributed by atoms with Gasteiger partial charge in [-0.05, 0) is 28.1 Å². The number of amides is 1. The molecule has 0 aromatic carbocycles. The number of halogens is 1. The third-order valence-electron chi connectivity index (χ3n) is 1.53. The van der Waals surface area contributed by atoms with Crippen LogP contribution in [0, 0.1) is 0 Å². The molecule has 7 heteroatoms. The third kappa shape index (κ3) is 2.57. The summed E-state index contributed by atoms with van der Waals surface area (Å²) in [7, 11) is 0. The SMILES string of the molecule is O=C(Nc1nncs1)c1cccc(Br)n1. The van der Waals surface area contributed by atoms with Crippen molar-refractivity contribution in [3.8, 4) is 0 Å². The Morgan fingerprint density at radius 2 is 2.33 bits per heavy atom. The van der Waals surface area contributed by atoms with Crippen molar-refractivity contribution >= 4 is 38.3 Å². The second kappa shape index (κ2) is 4.45. The first-order valence-corrected chi connectivity index (χ1v) is 5.63. The quantitative estimate of drug-likeness (QED) is 0.856. The van der Waals surface area contributed by atoms with E-state index in [2.05, 4.69) is 36.4 Å². The average Bonchev–Trinajstić information content (AvgIpc) is 2.70. The van der Waals surface area contributed by atoms with Crippen LogP contribution in [0.3, 0.4) is 0 Å². The lowest BCUT2D eigenvalue weighted by Gasteiger charge is -1.99. The maximum Gasteiger partial charge on any atom is 0.276 e. The number of carbonyl (C=O) groups is 1. The summed E-state index contributed by atoms with van der Waals surface area (Å²) in [5.41, 5.74) is 1.88. The lowest BCUT2D eigenvalue weighted by molar-refractivity contribution is 0.102. The van der Waals surface area contributed by atoms with Crippen LogP contribution in [0.1, 0.15) is 10.5 Å². The first-order chi connectivity index (χ1) is 7.25. The van der Waals surface area contributed by atoms with Crippen molar-refractivity contribution in [2.45, 2.75) is 0 Å². The van der Waals surface area contributed by atoms with Crippen molar-refractivity contribution in [3.63, 3.8) is 0 Å². The Kier molecular flexibility index (Phi) is 3.02. The maximum absolute atomic E-state index is 11.6. The fraction of sp³-hybridized carbons (Fsp3) is 0. The highest BCUT2D eigenvalue weighted by Crippen LogP contribution is 2.11. The Bertz CT molecular complexity index is 473. The summed E-state index contributed by atoms with van der Waals surface area (Å²) in [5, 5.41) is 10.4. The van der Waals surface area contributed by atoms with Crippen molar-refractivity contribution in [3.05, 3.63) is 34.0 Å². The van der Waals surface area contributed by atoms with Crippen molar-refractivity contribution in [1.29, 1.82) is 0 Å². The van der Waals surface area contributed by atoms with E-state index < -0.39 is 0 Å². The minimum Gasteiger partial charge on any atom is -0.295 e. The van der Waals surface area contributed by atoms with Gasteiger partial charge in [0.05, 0.1) is 0 Å². The zero-order chi connectivity index (χ0) is 10.7. The molecule has 0 aliphatic heterocycles. The molecule has 5 nitrogen and oxygen atoms in total. The molecule has 0 atom stereocenters. The molecule has 0 unspecified atom stereocenters. The molecule has 2 aromatic rings. The first-order valence-electron chi connectivity index (χ1n) is 3.96. The van der Waals surface area contributed by atoms with E-state index in [-0.39, 0.29) is 5.91 Å². The average molecular weight is 285 g/mol. The van der Waals surface area contributed by atoms with Gasteiger partial charge in [0, 0.05) is 0 Å². The summed E-state index contributed by atoms with van der Waals surface area (Å²) in [5.74, 6) is -0.298. The lowest BCUT2D eigenvalue weighted by Crippen LogP contribution is -2.13. The van der Waals surface area contributed by atoms with Gasteiger partial charge in [0.15, 0.2) is 0 Å². The predicted octanol–water partition coefficient (Wildman–Crippen LogP) is 1.95. The van der Waals surface area contributed by atoms with Crippen LogP contribution in [0.2, 0.25) is 0 Å². The molecular formula is C8H5BrN4OS. The van der Waals surface area contributed by atoms with Gasteiger partial charge in [0.25, 0.3) is 5.91 Å². The van der Waals surface area contributed by atoms with Crippen molar-refractivity contribution < 1.29 is 4.79 Å². The summed E-state index contributed by atoms with van der Waals surface area (Å²) in [6, 6.07) is 5.12. The highest BCUT2D eigenvalue weighted by Gasteiger charge is 2.09. The van der Waals surface area contributed by atoms with E-state index in [1.54, 1.807) is 23.7 Å². The van der Waals surface area contributed by atoms with Gasteiger partial charge < -0.3 is 0 Å². The van der Waals surface area contributed by atoms with E-state index in [1.165, 1.54) is 11.3 Å². The molecule has 2 rings (SSSR count). The highest BCUT2D eigenvalue weighted by atomic mass is 79.9. The fourth-order valence-corrected chi connectivity index (χ4v) is 1.71. The summed E-state index contributed by atoms with van der Waals surface area (Å²) in [6.45, 7) is 0. The number of hydrogen-bond acceptors (Lipinski definition) is 5. The van der Waals surface area contributed by atoms with E-state index in [0.717, 1.165) is 0 Å². The van der Waals surface area contributed by atoms with Crippen LogP contribution in [0.5, 0.6) is 0 Å². The minimum atomic E-state index is -0.298. The van der Waals surface area contributed by atoms with Crippen molar-refractivity contribution in [1.82, 2.24) is 15.2 Å². The number of carbonyl (C=O) groups excluding carboxylic acids is 1. The number of anilines is 1. The van der Waals surface area contributed by atoms with Crippen LogP contribution >= 0.6 is 27.3 Å². The van der Waals surface area contributed by atoms with Gasteiger partial charge in [-0.15, -0.1) is 10.2 Å². The normalized spacial score (nSPS) is 9.93. The van der Waals surface area contributed by atoms with Gasteiger partial charge in [-0.25, -0.2) is 4.98 Å². The monoisotopic (exact) mass is 284 g/mol. The molecule has 2 aromatic heterocycles. The van der Waals surface area contributed by atoms with Crippen LogP contribution in [0.25, 0.3) is 0 Å². The molecule has 1 N–H and O–H groups in total. The van der Waals surface area contributed by atoms with Gasteiger partial charge in [0.2, 0.25) is 5.13 Å². The second-order valence-electron chi connectivity index (χ2n) is 2.54. The largest absolute Gasteiger partial charge is 0.295 e. The lowest BCUT2D eigenvalue weighted by atomic mass is 10.3. The topological polar surface area (TPSA) is 67.8 Å². The van der Waals surface area contributed by atoms with Crippen molar-refractivity contribution in [2.24, 2.45) is 0 Å². The Morgan fingerprint density at radius 1 is 1.47 bits per heavy atom. The molecule has 0 fully saturated rings. The van der Waals surface area contributed by atoms with Crippen molar-refractivity contribution in [2.75, 3.05) is 5.32 Å². The van der Waals surface area contributed by atoms with Crippen LogP contribution in [-0.2, 0) is 0 Å². The van der Waals surface area contributed by atoms with Crippen LogP contribution < -0.4 is 5.32 Å². The zero-order valence-corrected chi connectivity index (χ0v) is 9.75. The fourth-order valence-electron chi connectivity index (χ4n) is 0.923. The van der Waals surface area contributed by atoms with Gasteiger partial charge in [0.1, 0.15) is 15.8 Å². The standard InChI is InChI=1S/C8H5BrN4OS/c9-6-3-1-2-5(11-6)7(14)12-8-13-10-4-15-8/h1-4H,(H,12,13,14). The number of hydrogen-bond donors (Lipinski definition) is 1. The molecule has 1 amide bonds. The molecule has 0 radical (unpaired) electrons. The van der Waals surface area contributed by atoms with Gasteiger partial charge in [-0.3, -0.25) is 10.1 Å². The summed E-state index contributed by atoms with van der Waals surface area (Å²) in [6.07, 6.45) is 0. The Morgan fingerprint density at radius 3 is 3.00 bits per heavy atom. The molecule has 2 heterocycles. The molecular weight excluding hydrogens is 280 g/mol. The molecule has 0 bridgehead atoms. The van der Waals surface area contributed by atoms with E-state index in [4.69, 9.17) is 0 Å². The summed E-state index contributed by atoms with van der Waals surface area (Å²) in [4.78, 5) is 15.6. The minimum absolute atomic E-state index is 0.298. The van der Waals surface area contributed by atoms with E-state index in [0.29, 0.717) is 15.4 Å². The third-order valence-corrected chi connectivity index (χ3v) is 2.58. The first kappa shape index (κ1) is 10.2. The van der Waals surface area contributed by atoms with E-state index >= 15 is 0 Å². The zero-order valence-electron chi connectivity index (χ0n) is 7.35. The highest BCUT2D eigenvalue weighted by molar-refractivity contribution is 9.10. The molecule has 0 aliphatic rings. The van der Waals surface area contributed by atoms with Crippen LogP contribution in [-0.4, -0.2) is 21.1 Å². The number of aromatic nitrogens is 3. The smallest absolute Gasteiger partial charge is 0.276 e. The molecule has 76 valence electrons. The molecule has 0 saturated carbocycles. The van der Waals surface area contributed by atoms with E-state index in [1.807, 2.05) is 0 Å². The Hall–Kier alpha value is -1.34. The molecule has 0 saturated heterocycles. The molecule has 0 spiro atoms. The Balaban J connectivity index is 2.15. The van der Waals surface area contributed by atoms with E-state index in [9.17, 15) is 4.79 Å². The number of nitrogens with one attached hydrogen (secondary N) is 1. The number of pyridine rings is 1. The second-order valence-corrected chi connectivity index (χ2v) is 4.19. The van der Waals surface area contributed by atoms with Gasteiger partial charge in [-0.1, -0.05) is 17.4 Å². The molecule has 15 heavy (non-hydrogen) atoms. The Labute approximate surface area is 97.7 Å². The van der Waals surface area contributed by atoms with Crippen LogP contribution in [0.15, 0.2) is 28.3 Å². The van der Waals surface area contributed by atoms with Crippen LogP contribution in [0.4, 0.5) is 5.13 Å². The van der Waals surface area contributed by atoms with Gasteiger partial charge in [-0.2, -0.15) is 0 Å².